The highest BCUT2D eigenvalue weighted by molar-refractivity contribution is 14.0. The summed E-state index contributed by atoms with van der Waals surface area (Å²) in [6.45, 7) is 9.87. The zero-order valence-electron chi connectivity index (χ0n) is 15.5. The lowest BCUT2D eigenvalue weighted by Gasteiger charge is -2.10. The number of pyridine rings is 1. The molecule has 3 aromatic heterocycles. The van der Waals surface area contributed by atoms with Crippen LogP contribution in [0.2, 0.25) is 0 Å². The molecule has 0 aliphatic heterocycles. The van der Waals surface area contributed by atoms with Gasteiger partial charge in [-0.15, -0.1) is 24.0 Å². The number of aryl methyl sites for hydroxylation is 3. The van der Waals surface area contributed by atoms with E-state index in [2.05, 4.69) is 44.8 Å². The molecule has 0 aromatic carbocycles. The van der Waals surface area contributed by atoms with Gasteiger partial charge in [0.05, 0.1) is 24.5 Å². The van der Waals surface area contributed by atoms with Crippen molar-refractivity contribution in [2.45, 2.75) is 40.8 Å². The molecular weight excluding hydrogens is 443 g/mol. The largest absolute Gasteiger partial charge is 0.361 e. The molecule has 26 heavy (non-hydrogen) atoms. The Hall–Kier alpha value is -2.10. The molecule has 0 unspecified atom stereocenters. The summed E-state index contributed by atoms with van der Waals surface area (Å²) in [7, 11) is 0. The summed E-state index contributed by atoms with van der Waals surface area (Å²) in [6.07, 6.45) is 4.05. The normalized spacial score (nSPS) is 11.5. The van der Waals surface area contributed by atoms with Crippen LogP contribution in [-0.4, -0.2) is 27.0 Å². The molecule has 0 saturated heterocycles. The predicted molar refractivity (Wildman–Crippen MR) is 113 cm³/mol. The fourth-order valence-electron chi connectivity index (χ4n) is 2.62. The summed E-state index contributed by atoms with van der Waals surface area (Å²) in [4.78, 5) is 9.26. The molecule has 0 atom stereocenters. The first-order valence-electron chi connectivity index (χ1n) is 8.45. The van der Waals surface area contributed by atoms with Gasteiger partial charge < -0.3 is 19.6 Å². The van der Waals surface area contributed by atoms with E-state index in [0.29, 0.717) is 13.1 Å². The van der Waals surface area contributed by atoms with E-state index in [0.717, 1.165) is 40.9 Å². The second-order valence-electron chi connectivity index (χ2n) is 6.05. The van der Waals surface area contributed by atoms with Crippen molar-refractivity contribution in [1.82, 2.24) is 25.2 Å². The fraction of sp³-hybridized carbons (Fsp3) is 0.389. The minimum absolute atomic E-state index is 0. The molecule has 3 heterocycles. The first-order valence-corrected chi connectivity index (χ1v) is 8.45. The number of guanidine groups is 1. The second kappa shape index (κ2) is 9.02. The van der Waals surface area contributed by atoms with Gasteiger partial charge in [-0.2, -0.15) is 0 Å². The minimum atomic E-state index is 0. The van der Waals surface area contributed by atoms with E-state index in [9.17, 15) is 0 Å². The molecular formula is C18H25IN6O. The maximum Gasteiger partial charge on any atom is 0.191 e. The van der Waals surface area contributed by atoms with Gasteiger partial charge in [0, 0.05) is 24.5 Å². The van der Waals surface area contributed by atoms with Gasteiger partial charge in [-0.05, 0) is 45.4 Å². The summed E-state index contributed by atoms with van der Waals surface area (Å²) in [5.41, 5.74) is 5.03. The quantitative estimate of drug-likeness (QED) is 0.342. The third kappa shape index (κ3) is 4.75. The lowest BCUT2D eigenvalue weighted by molar-refractivity contribution is 0.392. The highest BCUT2D eigenvalue weighted by atomic mass is 127. The van der Waals surface area contributed by atoms with E-state index in [-0.39, 0.29) is 24.0 Å². The van der Waals surface area contributed by atoms with Gasteiger partial charge >= 0.3 is 0 Å². The van der Waals surface area contributed by atoms with E-state index in [4.69, 9.17) is 4.52 Å². The van der Waals surface area contributed by atoms with Crippen molar-refractivity contribution in [2.24, 2.45) is 4.99 Å². The summed E-state index contributed by atoms with van der Waals surface area (Å²) in [5.74, 6) is 1.56. The Morgan fingerprint density at radius 1 is 1.27 bits per heavy atom. The maximum atomic E-state index is 5.19. The van der Waals surface area contributed by atoms with Crippen LogP contribution in [-0.2, 0) is 13.1 Å². The number of nitrogens with one attached hydrogen (secondary N) is 2. The van der Waals surface area contributed by atoms with Crippen molar-refractivity contribution >= 4 is 35.6 Å². The number of hydrogen-bond donors (Lipinski definition) is 2. The summed E-state index contributed by atoms with van der Waals surface area (Å²) >= 11 is 0. The zero-order chi connectivity index (χ0) is 17.8. The SMILES string of the molecule is CCNC(=NCc1c(C)noc1C)NCc1cn2ccc(C)cc2n1.I. The molecule has 0 aliphatic carbocycles. The van der Waals surface area contributed by atoms with Crippen LogP contribution in [0.25, 0.3) is 5.65 Å². The molecule has 0 radical (unpaired) electrons. The molecule has 0 saturated carbocycles. The van der Waals surface area contributed by atoms with Crippen molar-refractivity contribution in [3.63, 3.8) is 0 Å². The molecule has 2 N–H and O–H groups in total. The van der Waals surface area contributed by atoms with Crippen LogP contribution in [0.5, 0.6) is 0 Å². The lowest BCUT2D eigenvalue weighted by Crippen LogP contribution is -2.36. The van der Waals surface area contributed by atoms with Crippen LogP contribution in [0.15, 0.2) is 34.0 Å². The minimum Gasteiger partial charge on any atom is -0.361 e. The molecule has 0 aliphatic rings. The summed E-state index contributed by atoms with van der Waals surface area (Å²) in [6, 6.07) is 4.14. The van der Waals surface area contributed by atoms with Gasteiger partial charge in [0.2, 0.25) is 0 Å². The van der Waals surface area contributed by atoms with Crippen LogP contribution in [0.4, 0.5) is 0 Å². The van der Waals surface area contributed by atoms with E-state index in [1.807, 2.05) is 37.6 Å². The number of nitrogens with zero attached hydrogens (tertiary/aromatic N) is 4. The molecule has 0 spiro atoms. The molecule has 8 heteroatoms. The lowest BCUT2D eigenvalue weighted by atomic mass is 10.2. The fourth-order valence-corrected chi connectivity index (χ4v) is 2.62. The Kier molecular flexibility index (Phi) is 7.01. The molecule has 7 nitrogen and oxygen atoms in total. The van der Waals surface area contributed by atoms with E-state index in [1.165, 1.54) is 5.56 Å². The van der Waals surface area contributed by atoms with Gasteiger partial charge in [0.25, 0.3) is 0 Å². The van der Waals surface area contributed by atoms with Gasteiger partial charge in [0.1, 0.15) is 11.4 Å². The Morgan fingerprint density at radius 2 is 2.08 bits per heavy atom. The standard InChI is InChI=1S/C18H24N6O.HI/c1-5-19-18(21-10-16-13(3)23-25-14(16)4)20-9-15-11-24-7-6-12(2)8-17(24)22-15;/h6-8,11H,5,9-10H2,1-4H3,(H2,19,20,21);1H. The smallest absolute Gasteiger partial charge is 0.191 e. The highest BCUT2D eigenvalue weighted by Crippen LogP contribution is 2.13. The maximum absolute atomic E-state index is 5.19. The Morgan fingerprint density at radius 3 is 2.77 bits per heavy atom. The molecule has 0 bridgehead atoms. The Balaban J connectivity index is 0.00000243. The van der Waals surface area contributed by atoms with Crippen molar-refractivity contribution in [1.29, 1.82) is 0 Å². The summed E-state index contributed by atoms with van der Waals surface area (Å²) in [5, 5.41) is 10.5. The zero-order valence-corrected chi connectivity index (χ0v) is 17.9. The Labute approximate surface area is 170 Å². The number of hydrogen-bond acceptors (Lipinski definition) is 4. The van der Waals surface area contributed by atoms with Crippen LogP contribution < -0.4 is 10.6 Å². The highest BCUT2D eigenvalue weighted by Gasteiger charge is 2.09. The monoisotopic (exact) mass is 468 g/mol. The van der Waals surface area contributed by atoms with E-state index in [1.54, 1.807) is 0 Å². The predicted octanol–water partition coefficient (Wildman–Crippen LogP) is 3.12. The average molecular weight is 468 g/mol. The van der Waals surface area contributed by atoms with Crippen LogP contribution in [0, 0.1) is 20.8 Å². The molecule has 0 amide bonds. The van der Waals surface area contributed by atoms with Crippen molar-refractivity contribution in [3.05, 3.63) is 52.8 Å². The number of fused-ring (bicyclic) bond motifs is 1. The number of aliphatic imine (C=N–C) groups is 1. The number of halogens is 1. The number of aromatic nitrogens is 3. The first-order chi connectivity index (χ1) is 12.1. The molecule has 3 rings (SSSR count). The van der Waals surface area contributed by atoms with Crippen molar-refractivity contribution < 1.29 is 4.52 Å². The van der Waals surface area contributed by atoms with Crippen molar-refractivity contribution in [3.8, 4) is 0 Å². The van der Waals surface area contributed by atoms with Crippen LogP contribution in [0.3, 0.4) is 0 Å². The molecule has 140 valence electrons. The number of rotatable bonds is 5. The molecule has 3 aromatic rings. The third-order valence-electron chi connectivity index (χ3n) is 4.02. The van der Waals surface area contributed by atoms with Crippen molar-refractivity contribution in [2.75, 3.05) is 6.54 Å². The summed E-state index contributed by atoms with van der Waals surface area (Å²) < 4.78 is 7.21. The first kappa shape index (κ1) is 20.2. The van der Waals surface area contributed by atoms with Gasteiger partial charge in [-0.25, -0.2) is 9.98 Å². The average Bonchev–Trinajstić information content (AvgIpc) is 3.13. The Bertz CT molecular complexity index is 879. The third-order valence-corrected chi connectivity index (χ3v) is 4.02. The second-order valence-corrected chi connectivity index (χ2v) is 6.05. The van der Waals surface area contributed by atoms with E-state index < -0.39 is 0 Å². The van der Waals surface area contributed by atoms with Gasteiger partial charge in [-0.1, -0.05) is 5.16 Å². The van der Waals surface area contributed by atoms with E-state index >= 15 is 0 Å². The molecule has 0 fully saturated rings. The topological polar surface area (TPSA) is 79.8 Å². The van der Waals surface area contributed by atoms with Gasteiger partial charge in [-0.3, -0.25) is 0 Å². The van der Waals surface area contributed by atoms with Crippen LogP contribution in [0.1, 0.15) is 35.2 Å². The van der Waals surface area contributed by atoms with Crippen LogP contribution >= 0.6 is 24.0 Å². The number of imidazole rings is 1. The van der Waals surface area contributed by atoms with Gasteiger partial charge in [0.15, 0.2) is 5.96 Å².